The molecule has 2 N–H and O–H groups in total. The summed E-state index contributed by atoms with van der Waals surface area (Å²) in [5.41, 5.74) is 7.51. The number of nitrogens with two attached hydrogens (primary N) is 1. The van der Waals surface area contributed by atoms with Crippen molar-refractivity contribution in [1.29, 1.82) is 0 Å². The molecule has 7 heteroatoms. The number of oxazole rings is 1. The number of imidazole rings is 1. The zero-order chi connectivity index (χ0) is 14.1. The molecule has 1 aromatic carbocycles. The molecule has 0 bridgehead atoms. The van der Waals surface area contributed by atoms with E-state index in [-0.39, 0.29) is 5.22 Å². The zero-order valence-corrected chi connectivity index (χ0v) is 11.8. The van der Waals surface area contributed by atoms with Crippen LogP contribution in [0.15, 0.2) is 40.2 Å². The molecule has 0 spiro atoms. The van der Waals surface area contributed by atoms with Gasteiger partial charge in [0.05, 0.1) is 0 Å². The average Bonchev–Trinajstić information content (AvgIpc) is 3.01. The summed E-state index contributed by atoms with van der Waals surface area (Å²) in [6.07, 6.45) is 4.19. The largest absolute Gasteiger partial charge is 0.430 e. The summed E-state index contributed by atoms with van der Waals surface area (Å²) in [6, 6.07) is 5.17. The second-order valence-corrected chi connectivity index (χ2v) is 5.91. The number of fused-ring (bicyclic) bond motifs is 1. The summed E-state index contributed by atoms with van der Waals surface area (Å²) in [5, 5.41) is 0.236. The molecule has 3 rings (SSSR count). The van der Waals surface area contributed by atoms with Crippen LogP contribution < -0.4 is 5.73 Å². The van der Waals surface area contributed by atoms with Gasteiger partial charge in [-0.05, 0) is 18.2 Å². The molecule has 104 valence electrons. The van der Waals surface area contributed by atoms with Crippen molar-refractivity contribution in [3.05, 3.63) is 36.4 Å². The third kappa shape index (κ3) is 2.44. The number of aromatic nitrogens is 3. The lowest BCUT2D eigenvalue weighted by Gasteiger charge is -1.99. The van der Waals surface area contributed by atoms with Crippen molar-refractivity contribution >= 4 is 27.6 Å². The van der Waals surface area contributed by atoms with Crippen molar-refractivity contribution < 1.29 is 8.63 Å². The number of anilines is 1. The number of rotatable bonds is 4. The maximum atomic E-state index is 12.2. The van der Waals surface area contributed by atoms with Crippen molar-refractivity contribution in [3.63, 3.8) is 0 Å². The molecule has 20 heavy (non-hydrogen) atoms. The van der Waals surface area contributed by atoms with Gasteiger partial charge in [-0.1, -0.05) is 0 Å². The van der Waals surface area contributed by atoms with Crippen LogP contribution in [-0.2, 0) is 24.3 Å². The molecule has 0 radical (unpaired) electrons. The Morgan fingerprint density at radius 1 is 1.45 bits per heavy atom. The second-order valence-electron chi connectivity index (χ2n) is 4.46. The fourth-order valence-electron chi connectivity index (χ4n) is 1.93. The van der Waals surface area contributed by atoms with Crippen molar-refractivity contribution in [1.82, 2.24) is 14.5 Å². The maximum Gasteiger partial charge on any atom is 0.287 e. The highest BCUT2D eigenvalue weighted by Gasteiger charge is 2.14. The summed E-state index contributed by atoms with van der Waals surface area (Å²) in [5.74, 6) is 1.31. The summed E-state index contributed by atoms with van der Waals surface area (Å²) in [7, 11) is 0.623. The third-order valence-electron chi connectivity index (χ3n) is 3.02. The van der Waals surface area contributed by atoms with E-state index in [0.717, 1.165) is 5.82 Å². The minimum absolute atomic E-state index is 0.236. The number of hydrogen-bond donors (Lipinski definition) is 1. The predicted octanol–water partition coefficient (Wildman–Crippen LogP) is 1.49. The Kier molecular flexibility index (Phi) is 3.27. The van der Waals surface area contributed by atoms with E-state index in [2.05, 4.69) is 9.97 Å². The average molecular weight is 290 g/mol. The van der Waals surface area contributed by atoms with Crippen molar-refractivity contribution in [2.24, 2.45) is 7.05 Å². The minimum atomic E-state index is -1.29. The van der Waals surface area contributed by atoms with Crippen LogP contribution in [-0.4, -0.2) is 24.5 Å². The maximum absolute atomic E-state index is 12.2. The van der Waals surface area contributed by atoms with Gasteiger partial charge in [0.2, 0.25) is 0 Å². The highest BCUT2D eigenvalue weighted by Crippen LogP contribution is 2.20. The second kappa shape index (κ2) is 5.09. The number of benzene rings is 1. The van der Waals surface area contributed by atoms with E-state index in [9.17, 15) is 4.21 Å². The first-order chi connectivity index (χ1) is 9.63. The summed E-state index contributed by atoms with van der Waals surface area (Å²) >= 11 is 0. The molecule has 1 atom stereocenters. The van der Waals surface area contributed by atoms with E-state index < -0.39 is 10.8 Å². The standard InChI is InChI=1S/C13H14N4O2S/c1-17-6-5-15-12(17)4-7-20(18)13-16-10-8-9(14)2-3-11(10)19-13/h2-3,5-6,8H,4,7,14H2,1H3. The van der Waals surface area contributed by atoms with Crippen molar-refractivity contribution in [2.45, 2.75) is 11.6 Å². The van der Waals surface area contributed by atoms with Gasteiger partial charge in [0.15, 0.2) is 5.58 Å². The van der Waals surface area contributed by atoms with Crippen LogP contribution in [0.25, 0.3) is 11.1 Å². The van der Waals surface area contributed by atoms with E-state index in [1.54, 1.807) is 24.4 Å². The number of nitrogens with zero attached hydrogens (tertiary/aromatic N) is 3. The molecule has 6 nitrogen and oxygen atoms in total. The van der Waals surface area contributed by atoms with Gasteiger partial charge < -0.3 is 14.7 Å². The van der Waals surface area contributed by atoms with Gasteiger partial charge in [-0.25, -0.2) is 14.2 Å². The molecule has 3 aromatic rings. The van der Waals surface area contributed by atoms with Crippen molar-refractivity contribution in [2.75, 3.05) is 11.5 Å². The quantitative estimate of drug-likeness (QED) is 0.736. The lowest BCUT2D eigenvalue weighted by molar-refractivity contribution is 0.477. The Morgan fingerprint density at radius 3 is 3.05 bits per heavy atom. The molecule has 0 saturated carbocycles. The lowest BCUT2D eigenvalue weighted by Crippen LogP contribution is -2.06. The smallest absolute Gasteiger partial charge is 0.287 e. The third-order valence-corrected chi connectivity index (χ3v) is 4.16. The van der Waals surface area contributed by atoms with E-state index in [1.165, 1.54) is 0 Å². The molecule has 0 aliphatic heterocycles. The van der Waals surface area contributed by atoms with Crippen LogP contribution in [0.1, 0.15) is 5.82 Å². The topological polar surface area (TPSA) is 86.9 Å². The van der Waals surface area contributed by atoms with Gasteiger partial charge in [0, 0.05) is 37.3 Å². The van der Waals surface area contributed by atoms with Gasteiger partial charge >= 0.3 is 0 Å². The molecular weight excluding hydrogens is 276 g/mol. The molecule has 0 aliphatic rings. The van der Waals surface area contributed by atoms with Crippen LogP contribution in [0.5, 0.6) is 0 Å². The molecule has 0 aliphatic carbocycles. The van der Waals surface area contributed by atoms with E-state index >= 15 is 0 Å². The summed E-state index contributed by atoms with van der Waals surface area (Å²) in [6.45, 7) is 0. The molecule has 1 unspecified atom stereocenters. The van der Waals surface area contributed by atoms with Gasteiger partial charge in [0.25, 0.3) is 5.22 Å². The fourth-order valence-corrected chi connectivity index (χ4v) is 2.85. The van der Waals surface area contributed by atoms with Gasteiger partial charge in [-0.2, -0.15) is 0 Å². The highest BCUT2D eigenvalue weighted by molar-refractivity contribution is 7.84. The summed E-state index contributed by atoms with van der Waals surface area (Å²) in [4.78, 5) is 8.42. The monoisotopic (exact) mass is 290 g/mol. The number of nitrogen functional groups attached to an aromatic ring is 1. The van der Waals surface area contributed by atoms with E-state index in [1.807, 2.05) is 17.8 Å². The fraction of sp³-hybridized carbons (Fsp3) is 0.231. The highest BCUT2D eigenvalue weighted by atomic mass is 32.2. The number of aryl methyl sites for hydroxylation is 2. The Morgan fingerprint density at radius 2 is 2.30 bits per heavy atom. The zero-order valence-electron chi connectivity index (χ0n) is 10.9. The normalized spacial score (nSPS) is 12.8. The Hall–Kier alpha value is -2.15. The molecule has 0 amide bonds. The Bertz CT molecular complexity index is 778. The van der Waals surface area contributed by atoms with Gasteiger partial charge in [-0.3, -0.25) is 0 Å². The first kappa shape index (κ1) is 12.9. The number of hydrogen-bond acceptors (Lipinski definition) is 5. The van der Waals surface area contributed by atoms with Gasteiger partial charge in [-0.15, -0.1) is 0 Å². The Balaban J connectivity index is 1.77. The first-order valence-electron chi connectivity index (χ1n) is 6.14. The molecule has 2 heterocycles. The van der Waals surface area contributed by atoms with Crippen LogP contribution in [0.2, 0.25) is 0 Å². The molecule has 0 fully saturated rings. The summed E-state index contributed by atoms with van der Waals surface area (Å²) < 4.78 is 19.6. The Labute approximate surface area is 118 Å². The predicted molar refractivity (Wildman–Crippen MR) is 76.6 cm³/mol. The SMILES string of the molecule is Cn1ccnc1CCS(=O)c1nc2cc(N)ccc2o1. The first-order valence-corrected chi connectivity index (χ1v) is 7.46. The molecule has 2 aromatic heterocycles. The van der Waals surface area contributed by atoms with Crippen molar-refractivity contribution in [3.8, 4) is 0 Å². The van der Waals surface area contributed by atoms with Crippen LogP contribution >= 0.6 is 0 Å². The van der Waals surface area contributed by atoms with Crippen LogP contribution in [0.3, 0.4) is 0 Å². The van der Waals surface area contributed by atoms with Gasteiger partial charge in [0.1, 0.15) is 22.1 Å². The lowest BCUT2D eigenvalue weighted by atomic mass is 10.3. The molecular formula is C13H14N4O2S. The van der Waals surface area contributed by atoms with E-state index in [4.69, 9.17) is 10.2 Å². The van der Waals surface area contributed by atoms with Crippen LogP contribution in [0.4, 0.5) is 5.69 Å². The minimum Gasteiger partial charge on any atom is -0.430 e. The van der Waals surface area contributed by atoms with E-state index in [0.29, 0.717) is 29.0 Å². The van der Waals surface area contributed by atoms with Crippen LogP contribution in [0, 0.1) is 0 Å². The molecule has 0 saturated heterocycles.